The zero-order chi connectivity index (χ0) is 19.1. The van der Waals surface area contributed by atoms with Gasteiger partial charge >= 0.3 is 5.97 Å². The third kappa shape index (κ3) is 2.93. The number of carbonyl (C=O) groups excluding carboxylic acids is 1. The molecular weight excluding hydrogens is 342 g/mol. The summed E-state index contributed by atoms with van der Waals surface area (Å²) in [5.41, 5.74) is 4.19. The van der Waals surface area contributed by atoms with E-state index < -0.39 is 0 Å². The van der Waals surface area contributed by atoms with Gasteiger partial charge in [0.15, 0.2) is 11.5 Å². The molecule has 0 amide bonds. The molecule has 3 atom stereocenters. The van der Waals surface area contributed by atoms with Crippen LogP contribution in [0.4, 0.5) is 5.69 Å². The van der Waals surface area contributed by atoms with E-state index >= 15 is 0 Å². The first kappa shape index (κ1) is 17.5. The summed E-state index contributed by atoms with van der Waals surface area (Å²) in [5.74, 6) is 1.42. The highest BCUT2D eigenvalue weighted by Crippen LogP contribution is 2.53. The Morgan fingerprint density at radius 2 is 2.04 bits per heavy atom. The number of carbonyl (C=O) groups is 1. The van der Waals surface area contributed by atoms with Crippen LogP contribution in [0.25, 0.3) is 0 Å². The van der Waals surface area contributed by atoms with Crippen molar-refractivity contribution in [2.45, 2.75) is 32.2 Å². The first-order chi connectivity index (χ1) is 13.0. The maximum atomic E-state index is 11.3. The number of rotatable bonds is 3. The van der Waals surface area contributed by atoms with Gasteiger partial charge in [-0.05, 0) is 54.2 Å². The maximum Gasteiger partial charge on any atom is 0.308 e. The van der Waals surface area contributed by atoms with Crippen molar-refractivity contribution in [3.05, 3.63) is 59.2 Å². The smallest absolute Gasteiger partial charge is 0.308 e. The zero-order valence-corrected chi connectivity index (χ0v) is 15.7. The predicted octanol–water partition coefficient (Wildman–Crippen LogP) is 4.46. The Morgan fingerprint density at radius 3 is 2.78 bits per heavy atom. The Labute approximate surface area is 158 Å². The van der Waals surface area contributed by atoms with E-state index in [4.69, 9.17) is 9.47 Å². The number of hydrogen-bond donors (Lipinski definition) is 2. The van der Waals surface area contributed by atoms with Gasteiger partial charge in [-0.15, -0.1) is 0 Å². The SMILES string of the molecule is COc1cc(C2Nc3c(O)ccc(C)c3C3C=CCC32)ccc1OC(C)=O. The number of hydrogen-bond acceptors (Lipinski definition) is 5. The summed E-state index contributed by atoms with van der Waals surface area (Å²) in [6.07, 6.45) is 5.42. The molecule has 0 bridgehead atoms. The summed E-state index contributed by atoms with van der Waals surface area (Å²) >= 11 is 0. The minimum Gasteiger partial charge on any atom is -0.506 e. The summed E-state index contributed by atoms with van der Waals surface area (Å²) < 4.78 is 10.7. The molecule has 0 saturated carbocycles. The molecule has 0 aromatic heterocycles. The predicted molar refractivity (Wildman–Crippen MR) is 103 cm³/mol. The van der Waals surface area contributed by atoms with Crippen LogP contribution in [-0.4, -0.2) is 18.2 Å². The minimum absolute atomic E-state index is 0.0190. The molecule has 140 valence electrons. The van der Waals surface area contributed by atoms with Crippen LogP contribution in [0.3, 0.4) is 0 Å². The van der Waals surface area contributed by atoms with Gasteiger partial charge in [-0.3, -0.25) is 4.79 Å². The first-order valence-corrected chi connectivity index (χ1v) is 9.11. The maximum absolute atomic E-state index is 11.3. The summed E-state index contributed by atoms with van der Waals surface area (Å²) in [6, 6.07) is 9.35. The topological polar surface area (TPSA) is 67.8 Å². The van der Waals surface area contributed by atoms with Gasteiger partial charge in [0.1, 0.15) is 5.75 Å². The Hall–Kier alpha value is -2.95. The third-order valence-corrected chi connectivity index (χ3v) is 5.52. The largest absolute Gasteiger partial charge is 0.506 e. The van der Waals surface area contributed by atoms with Gasteiger partial charge in [0.25, 0.3) is 0 Å². The van der Waals surface area contributed by atoms with Crippen molar-refractivity contribution >= 4 is 11.7 Å². The van der Waals surface area contributed by atoms with Crippen LogP contribution >= 0.6 is 0 Å². The highest BCUT2D eigenvalue weighted by molar-refractivity contribution is 5.71. The molecule has 3 unspecified atom stereocenters. The molecule has 5 heteroatoms. The minimum atomic E-state index is -0.383. The van der Waals surface area contributed by atoms with Crippen molar-refractivity contribution in [3.8, 4) is 17.2 Å². The molecule has 1 heterocycles. The monoisotopic (exact) mass is 365 g/mol. The molecule has 27 heavy (non-hydrogen) atoms. The van der Waals surface area contributed by atoms with Crippen LogP contribution in [0.15, 0.2) is 42.5 Å². The lowest BCUT2D eigenvalue weighted by Crippen LogP contribution is -2.29. The molecule has 1 aliphatic carbocycles. The lowest BCUT2D eigenvalue weighted by atomic mass is 9.75. The van der Waals surface area contributed by atoms with Gasteiger partial charge < -0.3 is 19.9 Å². The average Bonchev–Trinajstić information content (AvgIpc) is 3.13. The Balaban J connectivity index is 1.76. The molecule has 0 saturated heterocycles. The van der Waals surface area contributed by atoms with E-state index in [1.54, 1.807) is 19.2 Å². The fourth-order valence-corrected chi connectivity index (χ4v) is 4.33. The standard InChI is InChI=1S/C22H23NO4/c1-12-7-9-17(25)22-20(12)15-5-4-6-16(15)21(23-22)14-8-10-18(27-13(2)24)19(11-14)26-3/h4-5,7-11,15-16,21,23,25H,6H2,1-3H3. The second-order valence-electron chi connectivity index (χ2n) is 7.17. The van der Waals surface area contributed by atoms with Crippen LogP contribution in [0, 0.1) is 12.8 Å². The van der Waals surface area contributed by atoms with E-state index in [9.17, 15) is 9.90 Å². The van der Waals surface area contributed by atoms with Crippen LogP contribution < -0.4 is 14.8 Å². The van der Waals surface area contributed by atoms with Crippen molar-refractivity contribution < 1.29 is 19.4 Å². The normalized spacial score (nSPS) is 22.6. The number of fused-ring (bicyclic) bond motifs is 3. The quantitative estimate of drug-likeness (QED) is 0.364. The van der Waals surface area contributed by atoms with E-state index in [2.05, 4.69) is 24.4 Å². The van der Waals surface area contributed by atoms with Gasteiger partial charge in [0, 0.05) is 12.8 Å². The number of phenolic OH excluding ortho intramolecular Hbond substituents is 1. The van der Waals surface area contributed by atoms with Crippen LogP contribution in [0.1, 0.15) is 42.0 Å². The highest BCUT2D eigenvalue weighted by atomic mass is 16.6. The number of aryl methyl sites for hydroxylation is 1. The van der Waals surface area contributed by atoms with Crippen LogP contribution in [0.5, 0.6) is 17.2 Å². The molecular formula is C22H23NO4. The Kier molecular flexibility index (Phi) is 4.30. The second-order valence-corrected chi connectivity index (χ2v) is 7.17. The second kappa shape index (κ2) is 6.65. The molecule has 1 aliphatic heterocycles. The molecule has 2 aromatic carbocycles. The fraction of sp³-hybridized carbons (Fsp3) is 0.318. The number of phenols is 1. The molecule has 2 aromatic rings. The van der Waals surface area contributed by atoms with Gasteiger partial charge in [0.2, 0.25) is 0 Å². The number of anilines is 1. The van der Waals surface area contributed by atoms with Crippen molar-refractivity contribution in [3.63, 3.8) is 0 Å². The van der Waals surface area contributed by atoms with Crippen molar-refractivity contribution in [1.82, 2.24) is 0 Å². The van der Waals surface area contributed by atoms with E-state index in [1.807, 2.05) is 18.2 Å². The zero-order valence-electron chi connectivity index (χ0n) is 15.7. The van der Waals surface area contributed by atoms with Gasteiger partial charge in [-0.2, -0.15) is 0 Å². The number of esters is 1. The molecule has 0 fully saturated rings. The average molecular weight is 365 g/mol. The number of methoxy groups -OCH3 is 1. The number of benzene rings is 2. The number of nitrogens with one attached hydrogen (secondary N) is 1. The molecule has 4 rings (SSSR count). The van der Waals surface area contributed by atoms with Gasteiger partial charge in [0.05, 0.1) is 18.8 Å². The number of aromatic hydroxyl groups is 1. The van der Waals surface area contributed by atoms with Crippen molar-refractivity contribution in [2.24, 2.45) is 5.92 Å². The Bertz CT molecular complexity index is 934. The summed E-state index contributed by atoms with van der Waals surface area (Å²) in [5, 5.41) is 14.0. The summed E-state index contributed by atoms with van der Waals surface area (Å²) in [6.45, 7) is 3.45. The first-order valence-electron chi connectivity index (χ1n) is 9.11. The lowest BCUT2D eigenvalue weighted by molar-refractivity contribution is -0.132. The summed E-state index contributed by atoms with van der Waals surface area (Å²) in [4.78, 5) is 11.3. The molecule has 0 spiro atoms. The summed E-state index contributed by atoms with van der Waals surface area (Å²) in [7, 11) is 1.56. The highest BCUT2D eigenvalue weighted by Gasteiger charge is 2.39. The molecule has 2 N–H and O–H groups in total. The Morgan fingerprint density at radius 1 is 1.22 bits per heavy atom. The van der Waals surface area contributed by atoms with Crippen LogP contribution in [-0.2, 0) is 4.79 Å². The third-order valence-electron chi connectivity index (χ3n) is 5.52. The van der Waals surface area contributed by atoms with E-state index in [0.717, 1.165) is 17.7 Å². The molecule has 5 nitrogen and oxygen atoms in total. The van der Waals surface area contributed by atoms with E-state index in [1.165, 1.54) is 18.1 Å². The van der Waals surface area contributed by atoms with E-state index in [-0.39, 0.29) is 23.7 Å². The fourth-order valence-electron chi connectivity index (χ4n) is 4.33. The van der Waals surface area contributed by atoms with Crippen molar-refractivity contribution in [1.29, 1.82) is 0 Å². The lowest BCUT2D eigenvalue weighted by Gasteiger charge is -2.38. The van der Waals surface area contributed by atoms with Gasteiger partial charge in [-0.25, -0.2) is 0 Å². The number of ether oxygens (including phenoxy) is 2. The molecule has 2 aliphatic rings. The van der Waals surface area contributed by atoms with Crippen molar-refractivity contribution in [2.75, 3.05) is 12.4 Å². The van der Waals surface area contributed by atoms with E-state index in [0.29, 0.717) is 17.4 Å². The van der Waals surface area contributed by atoms with Gasteiger partial charge in [-0.1, -0.05) is 24.3 Å². The molecule has 0 radical (unpaired) electrons. The number of allylic oxidation sites excluding steroid dienone is 2. The van der Waals surface area contributed by atoms with Crippen LogP contribution in [0.2, 0.25) is 0 Å².